The number of aromatic nitrogens is 1. The van der Waals surface area contributed by atoms with E-state index in [1.807, 2.05) is 6.92 Å². The average molecular weight is 247 g/mol. The lowest BCUT2D eigenvalue weighted by Crippen LogP contribution is -2.16. The average Bonchev–Trinajstić information content (AvgIpc) is 2.23. The maximum atomic E-state index is 12.4. The Hall–Kier alpha value is -1.30. The molecule has 0 bridgehead atoms. The summed E-state index contributed by atoms with van der Waals surface area (Å²) in [4.78, 5) is 3.49. The Kier molecular flexibility index (Phi) is 4.74. The van der Waals surface area contributed by atoms with Crippen LogP contribution in [0.2, 0.25) is 0 Å². The Labute approximate surface area is 98.2 Å². The second kappa shape index (κ2) is 5.86. The standard InChI is InChI=1S/C11H16F3N3/c1-8(15)4-3-7-16-10-6-2-5-9(17-10)11(12,13)14/h2,5-6,8H,3-4,7,15H2,1H3,(H,16,17). The minimum Gasteiger partial charge on any atom is -0.370 e. The molecule has 1 atom stereocenters. The topological polar surface area (TPSA) is 50.9 Å². The zero-order valence-electron chi connectivity index (χ0n) is 9.59. The highest BCUT2D eigenvalue weighted by Gasteiger charge is 2.32. The predicted octanol–water partition coefficient (Wildman–Crippen LogP) is 2.64. The molecule has 0 aliphatic carbocycles. The fourth-order valence-electron chi connectivity index (χ4n) is 1.33. The number of nitrogens with zero attached hydrogens (tertiary/aromatic N) is 1. The molecule has 0 aromatic carbocycles. The summed E-state index contributed by atoms with van der Waals surface area (Å²) < 4.78 is 37.1. The fraction of sp³-hybridized carbons (Fsp3) is 0.545. The highest BCUT2D eigenvalue weighted by Crippen LogP contribution is 2.28. The molecular weight excluding hydrogens is 231 g/mol. The fourth-order valence-corrected chi connectivity index (χ4v) is 1.33. The summed E-state index contributed by atoms with van der Waals surface area (Å²) in [5, 5.41) is 2.85. The van der Waals surface area contributed by atoms with Crippen molar-refractivity contribution in [3.8, 4) is 0 Å². The van der Waals surface area contributed by atoms with E-state index in [1.54, 1.807) is 0 Å². The number of nitrogens with one attached hydrogen (secondary N) is 1. The molecule has 1 aromatic heterocycles. The molecule has 1 unspecified atom stereocenters. The number of rotatable bonds is 5. The van der Waals surface area contributed by atoms with Gasteiger partial charge in [-0.15, -0.1) is 0 Å². The van der Waals surface area contributed by atoms with Crippen molar-refractivity contribution in [2.24, 2.45) is 5.73 Å². The van der Waals surface area contributed by atoms with Crippen LogP contribution in [-0.2, 0) is 6.18 Å². The van der Waals surface area contributed by atoms with Gasteiger partial charge in [0, 0.05) is 12.6 Å². The van der Waals surface area contributed by atoms with Crippen LogP contribution in [0, 0.1) is 0 Å². The van der Waals surface area contributed by atoms with Gasteiger partial charge in [-0.05, 0) is 31.9 Å². The van der Waals surface area contributed by atoms with Gasteiger partial charge in [0.2, 0.25) is 0 Å². The predicted molar refractivity (Wildman–Crippen MR) is 60.6 cm³/mol. The number of halogens is 3. The zero-order valence-corrected chi connectivity index (χ0v) is 9.59. The van der Waals surface area contributed by atoms with E-state index in [-0.39, 0.29) is 11.9 Å². The molecule has 3 nitrogen and oxygen atoms in total. The van der Waals surface area contributed by atoms with Gasteiger partial charge in [-0.25, -0.2) is 4.98 Å². The van der Waals surface area contributed by atoms with E-state index in [2.05, 4.69) is 10.3 Å². The number of hydrogen-bond acceptors (Lipinski definition) is 3. The Morgan fingerprint density at radius 3 is 2.71 bits per heavy atom. The van der Waals surface area contributed by atoms with Crippen LogP contribution in [0.4, 0.5) is 19.0 Å². The van der Waals surface area contributed by atoms with E-state index in [0.717, 1.165) is 18.9 Å². The van der Waals surface area contributed by atoms with Gasteiger partial charge >= 0.3 is 6.18 Å². The minimum atomic E-state index is -4.40. The van der Waals surface area contributed by atoms with E-state index in [0.29, 0.717) is 6.54 Å². The first-order chi connectivity index (χ1) is 7.89. The van der Waals surface area contributed by atoms with Gasteiger partial charge in [0.05, 0.1) is 0 Å². The van der Waals surface area contributed by atoms with Crippen LogP contribution in [-0.4, -0.2) is 17.6 Å². The first kappa shape index (κ1) is 13.8. The molecule has 0 fully saturated rings. The third-order valence-electron chi connectivity index (χ3n) is 2.18. The summed E-state index contributed by atoms with van der Waals surface area (Å²) in [5.41, 5.74) is 4.68. The maximum absolute atomic E-state index is 12.4. The van der Waals surface area contributed by atoms with Crippen molar-refractivity contribution < 1.29 is 13.2 Å². The molecule has 0 saturated carbocycles. The summed E-state index contributed by atoms with van der Waals surface area (Å²) in [7, 11) is 0. The molecule has 1 aromatic rings. The van der Waals surface area contributed by atoms with Crippen molar-refractivity contribution in [3.05, 3.63) is 23.9 Å². The van der Waals surface area contributed by atoms with Gasteiger partial charge in [-0.1, -0.05) is 6.07 Å². The van der Waals surface area contributed by atoms with Crippen LogP contribution >= 0.6 is 0 Å². The second-order valence-electron chi connectivity index (χ2n) is 3.95. The SMILES string of the molecule is CC(N)CCCNc1cccc(C(F)(F)F)n1. The molecule has 0 amide bonds. The van der Waals surface area contributed by atoms with Crippen LogP contribution in [0.25, 0.3) is 0 Å². The summed E-state index contributed by atoms with van der Waals surface area (Å²) in [6.45, 7) is 2.46. The van der Waals surface area contributed by atoms with Gasteiger partial charge < -0.3 is 11.1 Å². The van der Waals surface area contributed by atoms with Gasteiger partial charge in [0.25, 0.3) is 0 Å². The van der Waals surface area contributed by atoms with Crippen LogP contribution in [0.3, 0.4) is 0 Å². The van der Waals surface area contributed by atoms with Crippen molar-refractivity contribution in [2.45, 2.75) is 32.0 Å². The smallest absolute Gasteiger partial charge is 0.370 e. The van der Waals surface area contributed by atoms with E-state index < -0.39 is 11.9 Å². The Morgan fingerprint density at radius 1 is 1.41 bits per heavy atom. The van der Waals surface area contributed by atoms with Gasteiger partial charge in [-0.2, -0.15) is 13.2 Å². The highest BCUT2D eigenvalue weighted by molar-refractivity contribution is 5.35. The van der Waals surface area contributed by atoms with Crippen LogP contribution < -0.4 is 11.1 Å². The quantitative estimate of drug-likeness (QED) is 0.786. The lowest BCUT2D eigenvalue weighted by molar-refractivity contribution is -0.141. The van der Waals surface area contributed by atoms with Gasteiger partial charge in [-0.3, -0.25) is 0 Å². The molecule has 1 heterocycles. The summed E-state index contributed by atoms with van der Waals surface area (Å²) in [6, 6.07) is 3.91. The van der Waals surface area contributed by atoms with Crippen molar-refractivity contribution >= 4 is 5.82 Å². The summed E-state index contributed by atoms with van der Waals surface area (Å²) >= 11 is 0. The minimum absolute atomic E-state index is 0.103. The van der Waals surface area contributed by atoms with Crippen LogP contribution in [0.15, 0.2) is 18.2 Å². The highest BCUT2D eigenvalue weighted by atomic mass is 19.4. The number of anilines is 1. The van der Waals surface area contributed by atoms with Crippen molar-refractivity contribution in [2.75, 3.05) is 11.9 Å². The molecular formula is C11H16F3N3. The van der Waals surface area contributed by atoms with Gasteiger partial charge in [0.1, 0.15) is 11.5 Å². The van der Waals surface area contributed by atoms with E-state index in [9.17, 15) is 13.2 Å². The molecule has 0 radical (unpaired) electrons. The lowest BCUT2D eigenvalue weighted by Gasteiger charge is -2.10. The number of pyridine rings is 1. The van der Waals surface area contributed by atoms with E-state index in [1.165, 1.54) is 12.1 Å². The molecule has 17 heavy (non-hydrogen) atoms. The Bertz CT molecular complexity index is 350. The maximum Gasteiger partial charge on any atom is 0.433 e. The number of alkyl halides is 3. The summed E-state index contributed by atoms with van der Waals surface area (Å²) in [5.74, 6) is 0.240. The van der Waals surface area contributed by atoms with Crippen molar-refractivity contribution in [1.82, 2.24) is 4.98 Å². The second-order valence-corrected chi connectivity index (χ2v) is 3.95. The molecule has 6 heteroatoms. The molecule has 96 valence electrons. The molecule has 1 rings (SSSR count). The van der Waals surface area contributed by atoms with Crippen molar-refractivity contribution in [3.63, 3.8) is 0 Å². The van der Waals surface area contributed by atoms with Crippen LogP contribution in [0.5, 0.6) is 0 Å². The van der Waals surface area contributed by atoms with E-state index >= 15 is 0 Å². The molecule has 0 spiro atoms. The monoisotopic (exact) mass is 247 g/mol. The van der Waals surface area contributed by atoms with E-state index in [4.69, 9.17) is 5.73 Å². The normalized spacial score (nSPS) is 13.5. The first-order valence-electron chi connectivity index (χ1n) is 5.43. The zero-order chi connectivity index (χ0) is 12.9. The molecule has 0 aliphatic rings. The number of hydrogen-bond donors (Lipinski definition) is 2. The third-order valence-corrected chi connectivity index (χ3v) is 2.18. The molecule has 0 saturated heterocycles. The Balaban J connectivity index is 2.49. The molecule has 0 aliphatic heterocycles. The molecule has 3 N–H and O–H groups in total. The van der Waals surface area contributed by atoms with Gasteiger partial charge in [0.15, 0.2) is 0 Å². The number of nitrogens with two attached hydrogens (primary N) is 1. The largest absolute Gasteiger partial charge is 0.433 e. The Morgan fingerprint density at radius 2 is 2.12 bits per heavy atom. The lowest BCUT2D eigenvalue weighted by atomic mass is 10.2. The van der Waals surface area contributed by atoms with Crippen molar-refractivity contribution in [1.29, 1.82) is 0 Å². The third kappa shape index (κ3) is 5.04. The first-order valence-corrected chi connectivity index (χ1v) is 5.43. The van der Waals surface area contributed by atoms with Crippen LogP contribution in [0.1, 0.15) is 25.5 Å². The summed E-state index contributed by atoms with van der Waals surface area (Å²) in [6.07, 6.45) is -2.77.